The fourth-order valence-corrected chi connectivity index (χ4v) is 3.81. The Morgan fingerprint density at radius 3 is 2.42 bits per heavy atom. The van der Waals surface area contributed by atoms with Gasteiger partial charge in [0.1, 0.15) is 5.60 Å². The van der Waals surface area contributed by atoms with Crippen LogP contribution in [-0.4, -0.2) is 69.2 Å². The number of benzene rings is 1. The topological polar surface area (TPSA) is 79.0 Å². The predicted molar refractivity (Wildman–Crippen MR) is 101 cm³/mol. The van der Waals surface area contributed by atoms with Gasteiger partial charge in [0.15, 0.2) is 0 Å². The standard InChI is InChI=1S/C18H29N3O4S/c1-15-6-5-7-16(14-15)26(23,24)19-8-9-20-10-12-21(13-11-20)17(22)25-18(2,3)4/h5-7,14,19H,8-13H2,1-4H3. The molecule has 1 heterocycles. The number of rotatable bonds is 5. The molecule has 26 heavy (non-hydrogen) atoms. The van der Waals surface area contributed by atoms with E-state index in [1.165, 1.54) is 0 Å². The van der Waals surface area contributed by atoms with Gasteiger partial charge in [-0.2, -0.15) is 0 Å². The monoisotopic (exact) mass is 383 g/mol. The Balaban J connectivity index is 1.76. The zero-order valence-electron chi connectivity index (χ0n) is 16.0. The van der Waals surface area contributed by atoms with Crippen LogP contribution in [0.15, 0.2) is 29.2 Å². The summed E-state index contributed by atoms with van der Waals surface area (Å²) < 4.78 is 32.6. The molecular weight excluding hydrogens is 354 g/mol. The van der Waals surface area contributed by atoms with Crippen LogP contribution in [0.25, 0.3) is 0 Å². The third-order valence-corrected chi connectivity index (χ3v) is 5.50. The Bertz CT molecular complexity index is 720. The zero-order chi connectivity index (χ0) is 19.4. The molecule has 0 aromatic heterocycles. The van der Waals surface area contributed by atoms with Gasteiger partial charge in [-0.1, -0.05) is 12.1 Å². The first-order valence-electron chi connectivity index (χ1n) is 8.83. The van der Waals surface area contributed by atoms with Crippen molar-refractivity contribution in [1.82, 2.24) is 14.5 Å². The van der Waals surface area contributed by atoms with Gasteiger partial charge >= 0.3 is 6.09 Å². The van der Waals surface area contributed by atoms with E-state index >= 15 is 0 Å². The number of nitrogens with zero attached hydrogens (tertiary/aromatic N) is 2. The predicted octanol–water partition coefficient (Wildman–Crippen LogP) is 1.83. The largest absolute Gasteiger partial charge is 0.444 e. The smallest absolute Gasteiger partial charge is 0.410 e. The maximum absolute atomic E-state index is 12.3. The van der Waals surface area contributed by atoms with E-state index in [1.807, 2.05) is 33.8 Å². The molecule has 0 atom stereocenters. The van der Waals surface area contributed by atoms with Gasteiger partial charge in [0.2, 0.25) is 10.0 Å². The summed E-state index contributed by atoms with van der Waals surface area (Å²) >= 11 is 0. The number of nitrogens with one attached hydrogen (secondary N) is 1. The first-order chi connectivity index (χ1) is 12.1. The van der Waals surface area contributed by atoms with Crippen molar-refractivity contribution >= 4 is 16.1 Å². The molecule has 2 rings (SSSR count). The number of hydrogen-bond donors (Lipinski definition) is 1. The molecule has 1 aromatic rings. The SMILES string of the molecule is Cc1cccc(S(=O)(=O)NCCN2CCN(C(=O)OC(C)(C)C)CC2)c1. The fraction of sp³-hybridized carbons (Fsp3) is 0.611. The molecule has 7 nitrogen and oxygen atoms in total. The number of sulfonamides is 1. The van der Waals surface area contributed by atoms with Gasteiger partial charge in [-0.25, -0.2) is 17.9 Å². The molecule has 0 saturated carbocycles. The molecule has 1 amide bonds. The van der Waals surface area contributed by atoms with Crippen LogP contribution < -0.4 is 4.72 Å². The summed E-state index contributed by atoms with van der Waals surface area (Å²) in [6.45, 7) is 10.9. The molecular formula is C18H29N3O4S. The molecule has 1 N–H and O–H groups in total. The second-order valence-electron chi connectivity index (χ2n) is 7.52. The van der Waals surface area contributed by atoms with Crippen LogP contribution in [-0.2, 0) is 14.8 Å². The van der Waals surface area contributed by atoms with Gasteiger partial charge in [0.05, 0.1) is 4.90 Å². The lowest BCUT2D eigenvalue weighted by atomic mass is 10.2. The molecule has 1 aliphatic heterocycles. The highest BCUT2D eigenvalue weighted by Crippen LogP contribution is 2.12. The van der Waals surface area contributed by atoms with Crippen molar-refractivity contribution in [2.75, 3.05) is 39.3 Å². The lowest BCUT2D eigenvalue weighted by Gasteiger charge is -2.35. The summed E-state index contributed by atoms with van der Waals surface area (Å²) in [4.78, 5) is 16.2. The van der Waals surface area contributed by atoms with Crippen LogP contribution in [0.2, 0.25) is 0 Å². The minimum absolute atomic E-state index is 0.284. The first kappa shape index (κ1) is 20.7. The maximum atomic E-state index is 12.3. The molecule has 146 valence electrons. The van der Waals surface area contributed by atoms with Gasteiger partial charge in [0.25, 0.3) is 0 Å². The Kier molecular flexibility index (Phi) is 6.65. The van der Waals surface area contributed by atoms with E-state index in [0.717, 1.165) is 5.56 Å². The molecule has 0 bridgehead atoms. The number of hydrogen-bond acceptors (Lipinski definition) is 5. The molecule has 0 radical (unpaired) electrons. The van der Waals surface area contributed by atoms with Crippen LogP contribution >= 0.6 is 0 Å². The van der Waals surface area contributed by atoms with Gasteiger partial charge in [-0.15, -0.1) is 0 Å². The minimum Gasteiger partial charge on any atom is -0.444 e. The van der Waals surface area contributed by atoms with Crippen LogP contribution in [0, 0.1) is 6.92 Å². The Labute approximate surface area is 156 Å². The molecule has 0 spiro atoms. The lowest BCUT2D eigenvalue weighted by Crippen LogP contribution is -2.51. The number of piperazine rings is 1. The van der Waals surface area contributed by atoms with E-state index in [-0.39, 0.29) is 11.0 Å². The fourth-order valence-electron chi connectivity index (χ4n) is 2.68. The Hall–Kier alpha value is -1.64. The van der Waals surface area contributed by atoms with E-state index < -0.39 is 15.6 Å². The van der Waals surface area contributed by atoms with Crippen molar-refractivity contribution in [3.8, 4) is 0 Å². The molecule has 1 saturated heterocycles. The van der Waals surface area contributed by atoms with Crippen LogP contribution in [0.5, 0.6) is 0 Å². The minimum atomic E-state index is -3.49. The van der Waals surface area contributed by atoms with Gasteiger partial charge in [-0.05, 0) is 45.4 Å². The lowest BCUT2D eigenvalue weighted by molar-refractivity contribution is 0.0147. The van der Waals surface area contributed by atoms with E-state index in [9.17, 15) is 13.2 Å². The first-order valence-corrected chi connectivity index (χ1v) is 10.3. The summed E-state index contributed by atoms with van der Waals surface area (Å²) in [5.41, 5.74) is 0.411. The number of amides is 1. The second kappa shape index (κ2) is 8.37. The summed E-state index contributed by atoms with van der Waals surface area (Å²) in [6, 6.07) is 6.85. The van der Waals surface area contributed by atoms with Gasteiger partial charge < -0.3 is 9.64 Å². The third-order valence-electron chi connectivity index (χ3n) is 4.04. The molecule has 0 aliphatic carbocycles. The number of ether oxygens (including phenoxy) is 1. The zero-order valence-corrected chi connectivity index (χ0v) is 16.8. The van der Waals surface area contributed by atoms with E-state index in [2.05, 4.69) is 9.62 Å². The Morgan fingerprint density at radius 1 is 1.19 bits per heavy atom. The van der Waals surface area contributed by atoms with Crippen molar-refractivity contribution in [3.05, 3.63) is 29.8 Å². The van der Waals surface area contributed by atoms with Crippen LogP contribution in [0.3, 0.4) is 0 Å². The van der Waals surface area contributed by atoms with Crippen molar-refractivity contribution in [2.45, 2.75) is 38.2 Å². The van der Waals surface area contributed by atoms with Crippen molar-refractivity contribution in [1.29, 1.82) is 0 Å². The molecule has 1 aliphatic rings. The normalized spacial score (nSPS) is 16.5. The van der Waals surface area contributed by atoms with Crippen molar-refractivity contribution in [2.24, 2.45) is 0 Å². The molecule has 0 unspecified atom stereocenters. The molecule has 1 aromatic carbocycles. The van der Waals surface area contributed by atoms with Crippen molar-refractivity contribution < 1.29 is 17.9 Å². The summed E-state index contributed by atoms with van der Waals surface area (Å²) in [5, 5.41) is 0. The van der Waals surface area contributed by atoms with Gasteiger partial charge in [0, 0.05) is 39.3 Å². The van der Waals surface area contributed by atoms with Crippen LogP contribution in [0.4, 0.5) is 4.79 Å². The Morgan fingerprint density at radius 2 is 1.85 bits per heavy atom. The quantitative estimate of drug-likeness (QED) is 0.839. The summed E-state index contributed by atoms with van der Waals surface area (Å²) in [5.74, 6) is 0. The molecule has 8 heteroatoms. The average molecular weight is 384 g/mol. The van der Waals surface area contributed by atoms with Crippen molar-refractivity contribution in [3.63, 3.8) is 0 Å². The van der Waals surface area contributed by atoms with E-state index in [4.69, 9.17) is 4.74 Å². The van der Waals surface area contributed by atoms with E-state index in [0.29, 0.717) is 39.3 Å². The second-order valence-corrected chi connectivity index (χ2v) is 9.29. The number of carbonyl (C=O) groups is 1. The molecule has 1 fully saturated rings. The van der Waals surface area contributed by atoms with Crippen LogP contribution in [0.1, 0.15) is 26.3 Å². The van der Waals surface area contributed by atoms with Gasteiger partial charge in [-0.3, -0.25) is 4.90 Å². The average Bonchev–Trinajstić information content (AvgIpc) is 2.54. The van der Waals surface area contributed by atoms with E-state index in [1.54, 1.807) is 23.1 Å². The highest BCUT2D eigenvalue weighted by atomic mass is 32.2. The summed E-state index contributed by atoms with van der Waals surface area (Å²) in [7, 11) is -3.49. The maximum Gasteiger partial charge on any atom is 0.410 e. The third kappa shape index (κ3) is 6.26. The highest BCUT2D eigenvalue weighted by Gasteiger charge is 2.25. The highest BCUT2D eigenvalue weighted by molar-refractivity contribution is 7.89. The summed E-state index contributed by atoms with van der Waals surface area (Å²) in [6.07, 6.45) is -0.294. The number of aryl methyl sites for hydroxylation is 1. The number of carbonyl (C=O) groups excluding carboxylic acids is 1.